The molecular formula is C18H14F3NO. The maximum absolute atomic E-state index is 12.6. The number of carbonyl (C=O) groups is 1. The van der Waals surface area contributed by atoms with Gasteiger partial charge in [0, 0.05) is 23.2 Å². The summed E-state index contributed by atoms with van der Waals surface area (Å²) in [6, 6.07) is 11.7. The summed E-state index contributed by atoms with van der Waals surface area (Å²) < 4.78 is 37.7. The van der Waals surface area contributed by atoms with Gasteiger partial charge in [-0.05, 0) is 17.7 Å². The van der Waals surface area contributed by atoms with E-state index in [-0.39, 0.29) is 23.8 Å². The summed E-state index contributed by atoms with van der Waals surface area (Å²) in [4.78, 5) is 12.3. The maximum atomic E-state index is 12.6. The number of carbonyl (C=O) groups excluding carboxylic acids is 1. The van der Waals surface area contributed by atoms with Crippen LogP contribution in [-0.2, 0) is 6.18 Å². The van der Waals surface area contributed by atoms with E-state index in [1.807, 2.05) is 24.3 Å². The van der Waals surface area contributed by atoms with Gasteiger partial charge in [-0.1, -0.05) is 43.0 Å². The summed E-state index contributed by atoms with van der Waals surface area (Å²) in [7, 11) is 0. The van der Waals surface area contributed by atoms with Crippen molar-refractivity contribution in [3.63, 3.8) is 0 Å². The second-order valence-corrected chi connectivity index (χ2v) is 5.47. The predicted molar refractivity (Wildman–Crippen MR) is 81.7 cm³/mol. The van der Waals surface area contributed by atoms with Crippen LogP contribution >= 0.6 is 0 Å². The van der Waals surface area contributed by atoms with Crippen LogP contribution in [0, 0.1) is 0 Å². The standard InChI is InChI=1S/C18H14F3NO/c1-11-14-4-2-3-5-15(14)16(22-11)10-17(23)12-6-8-13(9-7-12)18(19,20)21/h2-9,16,22H,1,10H2. The van der Waals surface area contributed by atoms with Gasteiger partial charge >= 0.3 is 6.18 Å². The van der Waals surface area contributed by atoms with E-state index >= 15 is 0 Å². The fourth-order valence-corrected chi connectivity index (χ4v) is 2.75. The highest BCUT2D eigenvalue weighted by Crippen LogP contribution is 2.34. The zero-order chi connectivity index (χ0) is 16.6. The summed E-state index contributed by atoms with van der Waals surface area (Å²) in [6.45, 7) is 3.92. The molecule has 23 heavy (non-hydrogen) atoms. The Morgan fingerprint density at radius 2 is 1.74 bits per heavy atom. The summed E-state index contributed by atoms with van der Waals surface area (Å²) in [5.41, 5.74) is 2.22. The number of Topliss-reactive ketones (excluding diaryl/α,β-unsaturated/α-hetero) is 1. The highest BCUT2D eigenvalue weighted by molar-refractivity contribution is 5.97. The van der Waals surface area contributed by atoms with Crippen molar-refractivity contribution in [2.75, 3.05) is 0 Å². The Kier molecular flexibility index (Phi) is 3.72. The van der Waals surface area contributed by atoms with Gasteiger partial charge in [0.05, 0.1) is 11.6 Å². The average Bonchev–Trinajstić information content (AvgIpc) is 2.83. The molecular weight excluding hydrogens is 303 g/mol. The van der Waals surface area contributed by atoms with Crippen molar-refractivity contribution in [3.8, 4) is 0 Å². The fourth-order valence-electron chi connectivity index (χ4n) is 2.75. The first-order valence-corrected chi connectivity index (χ1v) is 7.11. The Labute approximate surface area is 131 Å². The van der Waals surface area contributed by atoms with E-state index in [1.54, 1.807) is 0 Å². The smallest absolute Gasteiger partial charge is 0.378 e. The number of benzene rings is 2. The first-order chi connectivity index (χ1) is 10.9. The SMILES string of the molecule is C=C1NC(CC(=O)c2ccc(C(F)(F)F)cc2)c2ccccc21. The van der Waals surface area contributed by atoms with Crippen LogP contribution in [0.25, 0.3) is 5.70 Å². The molecule has 5 heteroatoms. The van der Waals surface area contributed by atoms with Gasteiger partial charge in [-0.15, -0.1) is 0 Å². The van der Waals surface area contributed by atoms with Gasteiger partial charge in [0.15, 0.2) is 5.78 Å². The van der Waals surface area contributed by atoms with Crippen molar-refractivity contribution in [2.24, 2.45) is 0 Å². The van der Waals surface area contributed by atoms with Gasteiger partial charge in [-0.2, -0.15) is 13.2 Å². The molecule has 1 heterocycles. The summed E-state index contributed by atoms with van der Waals surface area (Å²) >= 11 is 0. The van der Waals surface area contributed by atoms with Crippen molar-refractivity contribution < 1.29 is 18.0 Å². The number of hydrogen-bond donors (Lipinski definition) is 1. The van der Waals surface area contributed by atoms with E-state index in [2.05, 4.69) is 11.9 Å². The van der Waals surface area contributed by atoms with Crippen LogP contribution in [0.5, 0.6) is 0 Å². The third-order valence-corrected chi connectivity index (χ3v) is 3.93. The molecule has 0 saturated carbocycles. The number of nitrogens with one attached hydrogen (secondary N) is 1. The Morgan fingerprint density at radius 3 is 2.39 bits per heavy atom. The zero-order valence-electron chi connectivity index (χ0n) is 12.2. The van der Waals surface area contributed by atoms with Crippen molar-refractivity contribution in [1.29, 1.82) is 0 Å². The molecule has 0 aromatic heterocycles. The number of ketones is 1. The zero-order valence-corrected chi connectivity index (χ0v) is 12.2. The predicted octanol–water partition coefficient (Wildman–Crippen LogP) is 4.59. The normalized spacial score (nSPS) is 16.8. The molecule has 2 aromatic rings. The lowest BCUT2D eigenvalue weighted by atomic mass is 9.97. The topological polar surface area (TPSA) is 29.1 Å². The number of rotatable bonds is 3. The minimum atomic E-state index is -4.40. The summed E-state index contributed by atoms with van der Waals surface area (Å²) in [6.07, 6.45) is -4.23. The first-order valence-electron chi connectivity index (χ1n) is 7.11. The van der Waals surface area contributed by atoms with Crippen LogP contribution in [0.2, 0.25) is 0 Å². The lowest BCUT2D eigenvalue weighted by Crippen LogP contribution is -2.16. The van der Waals surface area contributed by atoms with E-state index in [1.165, 1.54) is 12.1 Å². The van der Waals surface area contributed by atoms with Crippen LogP contribution in [-0.4, -0.2) is 5.78 Å². The van der Waals surface area contributed by atoms with Gasteiger partial charge in [-0.25, -0.2) is 0 Å². The Hall–Kier alpha value is -2.56. The lowest BCUT2D eigenvalue weighted by molar-refractivity contribution is -0.137. The fraction of sp³-hybridized carbons (Fsp3) is 0.167. The van der Waals surface area contributed by atoms with E-state index in [0.717, 1.165) is 29.0 Å². The van der Waals surface area contributed by atoms with Crippen LogP contribution in [0.4, 0.5) is 13.2 Å². The third-order valence-electron chi connectivity index (χ3n) is 3.93. The molecule has 0 radical (unpaired) electrons. The van der Waals surface area contributed by atoms with Crippen LogP contribution in [0.3, 0.4) is 0 Å². The van der Waals surface area contributed by atoms with Gasteiger partial charge in [-0.3, -0.25) is 4.79 Å². The number of alkyl halides is 3. The monoisotopic (exact) mass is 317 g/mol. The molecule has 1 aliphatic heterocycles. The molecule has 3 rings (SSSR count). The molecule has 2 aromatic carbocycles. The minimum Gasteiger partial charge on any atom is -0.378 e. The van der Waals surface area contributed by atoms with Gasteiger partial charge < -0.3 is 5.32 Å². The van der Waals surface area contributed by atoms with Gasteiger partial charge in [0.25, 0.3) is 0 Å². The summed E-state index contributed by atoms with van der Waals surface area (Å²) in [5, 5.41) is 3.16. The first kappa shape index (κ1) is 15.3. The van der Waals surface area contributed by atoms with E-state index < -0.39 is 11.7 Å². The maximum Gasteiger partial charge on any atom is 0.416 e. The second-order valence-electron chi connectivity index (χ2n) is 5.47. The molecule has 0 amide bonds. The van der Waals surface area contributed by atoms with Crippen molar-refractivity contribution in [2.45, 2.75) is 18.6 Å². The van der Waals surface area contributed by atoms with Gasteiger partial charge in [0.2, 0.25) is 0 Å². The Balaban J connectivity index is 1.77. The highest BCUT2D eigenvalue weighted by atomic mass is 19.4. The van der Waals surface area contributed by atoms with E-state index in [9.17, 15) is 18.0 Å². The molecule has 1 aliphatic rings. The molecule has 1 atom stereocenters. The summed E-state index contributed by atoms with van der Waals surface area (Å²) in [5.74, 6) is -0.208. The molecule has 1 N–H and O–H groups in total. The molecule has 1 unspecified atom stereocenters. The molecule has 2 nitrogen and oxygen atoms in total. The van der Waals surface area contributed by atoms with Crippen molar-refractivity contribution in [3.05, 3.63) is 77.4 Å². The molecule has 0 spiro atoms. The van der Waals surface area contributed by atoms with Crippen LogP contribution in [0.1, 0.15) is 39.5 Å². The highest BCUT2D eigenvalue weighted by Gasteiger charge is 2.31. The molecule has 0 bridgehead atoms. The second kappa shape index (κ2) is 5.57. The van der Waals surface area contributed by atoms with Crippen LogP contribution in [0.15, 0.2) is 55.1 Å². The van der Waals surface area contributed by atoms with Crippen molar-refractivity contribution in [1.82, 2.24) is 5.32 Å². The number of halogens is 3. The quantitative estimate of drug-likeness (QED) is 0.839. The van der Waals surface area contributed by atoms with Crippen molar-refractivity contribution >= 4 is 11.5 Å². The van der Waals surface area contributed by atoms with E-state index in [0.29, 0.717) is 0 Å². The Bertz CT molecular complexity index is 763. The molecule has 0 aliphatic carbocycles. The largest absolute Gasteiger partial charge is 0.416 e. The van der Waals surface area contributed by atoms with Crippen LogP contribution < -0.4 is 5.32 Å². The molecule has 0 fully saturated rings. The van der Waals surface area contributed by atoms with E-state index in [4.69, 9.17) is 0 Å². The third kappa shape index (κ3) is 2.99. The molecule has 118 valence electrons. The average molecular weight is 317 g/mol. The van der Waals surface area contributed by atoms with Gasteiger partial charge in [0.1, 0.15) is 0 Å². The Morgan fingerprint density at radius 1 is 1.09 bits per heavy atom. The molecule has 0 saturated heterocycles. The number of fused-ring (bicyclic) bond motifs is 1. The minimum absolute atomic E-state index is 0.168. The lowest BCUT2D eigenvalue weighted by Gasteiger charge is -2.12. The number of hydrogen-bond acceptors (Lipinski definition) is 2.